The Labute approximate surface area is 190 Å². The van der Waals surface area contributed by atoms with Crippen molar-refractivity contribution in [1.29, 1.82) is 0 Å². The molecule has 0 aliphatic heterocycles. The van der Waals surface area contributed by atoms with Gasteiger partial charge in [-0.25, -0.2) is 4.79 Å². The predicted octanol–water partition coefficient (Wildman–Crippen LogP) is 2.50. The summed E-state index contributed by atoms with van der Waals surface area (Å²) < 4.78 is 12.8. The second-order valence-corrected chi connectivity index (χ2v) is 7.33. The molecule has 11 heteroatoms. The van der Waals surface area contributed by atoms with E-state index in [2.05, 4.69) is 27.2 Å². The van der Waals surface area contributed by atoms with Crippen LogP contribution in [0.3, 0.4) is 0 Å². The van der Waals surface area contributed by atoms with Crippen LogP contribution in [0.25, 0.3) is 11.2 Å². The van der Waals surface area contributed by atoms with Gasteiger partial charge in [0.15, 0.2) is 17.0 Å². The average molecular weight is 457 g/mol. The van der Waals surface area contributed by atoms with E-state index >= 15 is 0 Å². The first-order valence-corrected chi connectivity index (χ1v) is 10.8. The Morgan fingerprint density at radius 3 is 2.58 bits per heavy atom. The summed E-state index contributed by atoms with van der Waals surface area (Å²) in [6.45, 7) is 3.46. The number of nitrogens with one attached hydrogen (secondary N) is 1. The molecule has 0 radical (unpaired) electrons. The molecule has 0 saturated heterocycles. The van der Waals surface area contributed by atoms with Crippen molar-refractivity contribution < 1.29 is 24.2 Å². The van der Waals surface area contributed by atoms with Crippen molar-refractivity contribution in [1.82, 2.24) is 24.8 Å². The first-order chi connectivity index (χ1) is 16.0. The number of carbonyl (C=O) groups is 2. The molecule has 3 aromatic rings. The number of nitrogen functional groups attached to an aromatic ring is 1. The maximum atomic E-state index is 12.4. The number of carboxylic acids is 1. The molecule has 0 saturated carbocycles. The lowest BCUT2D eigenvalue weighted by Crippen LogP contribution is -2.26. The summed E-state index contributed by atoms with van der Waals surface area (Å²) in [5.74, 6) is -1.35. The molecule has 0 unspecified atom stereocenters. The fraction of sp³-hybridized carbons (Fsp3) is 0.409. The van der Waals surface area contributed by atoms with Crippen LogP contribution in [0.4, 0.5) is 5.82 Å². The molecule has 0 aliphatic carbocycles. The number of hydrogen-bond acceptors (Lipinski definition) is 8. The summed E-state index contributed by atoms with van der Waals surface area (Å²) in [6.07, 6.45) is 3.19. The number of carbonyl (C=O) groups excluding carboxylic acids is 1. The number of benzene rings is 1. The van der Waals surface area contributed by atoms with Gasteiger partial charge in [-0.05, 0) is 31.4 Å². The van der Waals surface area contributed by atoms with Crippen LogP contribution in [0.2, 0.25) is 0 Å². The van der Waals surface area contributed by atoms with E-state index < -0.39 is 11.9 Å². The van der Waals surface area contributed by atoms with Gasteiger partial charge in [0.2, 0.25) is 0 Å². The van der Waals surface area contributed by atoms with Gasteiger partial charge in [-0.2, -0.15) is 15.0 Å². The second kappa shape index (κ2) is 11.1. The molecule has 0 spiro atoms. The number of imidazole rings is 1. The number of nitrogens with zero attached hydrogens (tertiary/aromatic N) is 4. The Morgan fingerprint density at radius 1 is 1.12 bits per heavy atom. The fourth-order valence-corrected chi connectivity index (χ4v) is 3.27. The minimum absolute atomic E-state index is 0.0288. The van der Waals surface area contributed by atoms with E-state index in [0.29, 0.717) is 49.7 Å². The predicted molar refractivity (Wildman–Crippen MR) is 122 cm³/mol. The molecule has 0 atom stereocenters. The van der Waals surface area contributed by atoms with Crippen LogP contribution < -0.4 is 20.5 Å². The molecule has 2 aromatic heterocycles. The van der Waals surface area contributed by atoms with Crippen LogP contribution in [0, 0.1) is 0 Å². The van der Waals surface area contributed by atoms with E-state index in [-0.39, 0.29) is 23.0 Å². The lowest BCUT2D eigenvalue weighted by Gasteiger charge is -2.10. The van der Waals surface area contributed by atoms with E-state index in [0.717, 1.165) is 12.8 Å². The molecule has 11 nitrogen and oxygen atoms in total. The number of amides is 1. The van der Waals surface area contributed by atoms with E-state index in [1.807, 2.05) is 0 Å². The van der Waals surface area contributed by atoms with Crippen molar-refractivity contribution in [2.24, 2.45) is 0 Å². The number of aromatic nitrogens is 4. The van der Waals surface area contributed by atoms with Gasteiger partial charge in [0.05, 0.1) is 24.8 Å². The maximum Gasteiger partial charge on any atom is 0.336 e. The van der Waals surface area contributed by atoms with Crippen LogP contribution in [0.1, 0.15) is 53.3 Å². The van der Waals surface area contributed by atoms with Gasteiger partial charge in [0.25, 0.3) is 11.9 Å². The van der Waals surface area contributed by atoms with Gasteiger partial charge in [-0.3, -0.25) is 9.36 Å². The number of aromatic carboxylic acids is 1. The minimum Gasteiger partial charge on any atom is -0.478 e. The Kier molecular flexibility index (Phi) is 8.01. The molecule has 2 heterocycles. The van der Waals surface area contributed by atoms with Crippen LogP contribution in [-0.4, -0.2) is 56.8 Å². The molecule has 0 fully saturated rings. The minimum atomic E-state index is -1.14. The van der Waals surface area contributed by atoms with Crippen molar-refractivity contribution in [2.75, 3.05) is 26.0 Å². The molecule has 1 aromatic carbocycles. The molecule has 0 aliphatic rings. The third-order valence-electron chi connectivity index (χ3n) is 4.97. The number of rotatable bonds is 12. The second-order valence-electron chi connectivity index (χ2n) is 7.33. The summed E-state index contributed by atoms with van der Waals surface area (Å²) in [7, 11) is 1.51. The van der Waals surface area contributed by atoms with Gasteiger partial charge in [-0.1, -0.05) is 25.5 Å². The summed E-state index contributed by atoms with van der Waals surface area (Å²) in [4.78, 5) is 36.6. The molecular weight excluding hydrogens is 428 g/mol. The van der Waals surface area contributed by atoms with Crippen LogP contribution in [0.5, 0.6) is 12.0 Å². The zero-order chi connectivity index (χ0) is 23.8. The van der Waals surface area contributed by atoms with Crippen LogP contribution in [-0.2, 0) is 6.54 Å². The standard InChI is InChI=1S/C22H28N6O5/c1-3-4-13-33-21-26-17(23)16-18(27-21)28(22(25-16)32-2)12-8-7-11-24-19(29)14-9-5-6-10-15(14)20(30)31/h5-6,9-10H,3-4,7-8,11-13H2,1-2H3,(H,24,29)(H,30,31)(H2,23,26,27). The van der Waals surface area contributed by atoms with Gasteiger partial charge >= 0.3 is 12.0 Å². The number of ether oxygens (including phenoxy) is 2. The zero-order valence-corrected chi connectivity index (χ0v) is 18.7. The first-order valence-electron chi connectivity index (χ1n) is 10.8. The lowest BCUT2D eigenvalue weighted by atomic mass is 10.1. The van der Waals surface area contributed by atoms with E-state index in [1.54, 1.807) is 16.7 Å². The Morgan fingerprint density at radius 2 is 1.88 bits per heavy atom. The SMILES string of the molecule is CCCCOc1nc(N)c2nc(OC)n(CCCCNC(=O)c3ccccc3C(=O)O)c2n1. The summed E-state index contributed by atoms with van der Waals surface area (Å²) in [6, 6.07) is 6.66. The molecule has 33 heavy (non-hydrogen) atoms. The van der Waals surface area contributed by atoms with Gasteiger partial charge in [0.1, 0.15) is 0 Å². The molecular formula is C22H28N6O5. The molecule has 1 amide bonds. The van der Waals surface area contributed by atoms with E-state index in [4.69, 9.17) is 15.2 Å². The van der Waals surface area contributed by atoms with E-state index in [9.17, 15) is 14.7 Å². The van der Waals surface area contributed by atoms with Crippen molar-refractivity contribution >= 4 is 28.9 Å². The quantitative estimate of drug-likeness (QED) is 0.349. The third-order valence-corrected chi connectivity index (χ3v) is 4.97. The van der Waals surface area contributed by atoms with Crippen molar-refractivity contribution in [2.45, 2.75) is 39.2 Å². The zero-order valence-electron chi connectivity index (χ0n) is 18.7. The number of anilines is 1. The topological polar surface area (TPSA) is 154 Å². The average Bonchev–Trinajstić information content (AvgIpc) is 3.17. The lowest BCUT2D eigenvalue weighted by molar-refractivity contribution is 0.0691. The fourth-order valence-electron chi connectivity index (χ4n) is 3.27. The van der Waals surface area contributed by atoms with Gasteiger partial charge in [0, 0.05) is 13.1 Å². The van der Waals surface area contributed by atoms with Crippen LogP contribution in [0.15, 0.2) is 24.3 Å². The molecule has 4 N–H and O–H groups in total. The number of aryl methyl sites for hydroxylation is 1. The van der Waals surface area contributed by atoms with E-state index in [1.165, 1.54) is 19.2 Å². The number of carboxylic acid groups (broad SMARTS) is 1. The monoisotopic (exact) mass is 456 g/mol. The number of hydrogen-bond donors (Lipinski definition) is 3. The van der Waals surface area contributed by atoms with Gasteiger partial charge in [-0.15, -0.1) is 0 Å². The number of methoxy groups -OCH3 is 1. The smallest absolute Gasteiger partial charge is 0.336 e. The van der Waals surface area contributed by atoms with Crippen LogP contribution >= 0.6 is 0 Å². The molecule has 3 rings (SSSR count). The highest BCUT2D eigenvalue weighted by atomic mass is 16.5. The summed E-state index contributed by atoms with van der Waals surface area (Å²) >= 11 is 0. The number of nitrogens with two attached hydrogens (primary N) is 1. The summed E-state index contributed by atoms with van der Waals surface area (Å²) in [5, 5.41) is 12.0. The van der Waals surface area contributed by atoms with Crippen molar-refractivity contribution in [3.8, 4) is 12.0 Å². The highest BCUT2D eigenvalue weighted by Gasteiger charge is 2.18. The Balaban J connectivity index is 1.62. The van der Waals surface area contributed by atoms with Crippen molar-refractivity contribution in [3.63, 3.8) is 0 Å². The van der Waals surface area contributed by atoms with Gasteiger partial charge < -0.3 is 25.6 Å². The van der Waals surface area contributed by atoms with Crippen molar-refractivity contribution in [3.05, 3.63) is 35.4 Å². The Hall–Kier alpha value is -3.89. The maximum absolute atomic E-state index is 12.4. The largest absolute Gasteiger partial charge is 0.478 e. The third kappa shape index (κ3) is 5.68. The molecule has 0 bridgehead atoms. The first kappa shape index (κ1) is 23.8. The highest BCUT2D eigenvalue weighted by molar-refractivity contribution is 6.04. The molecule has 176 valence electrons. The normalized spacial score (nSPS) is 10.8. The highest BCUT2D eigenvalue weighted by Crippen LogP contribution is 2.25. The number of unbranched alkanes of at least 4 members (excludes halogenated alkanes) is 2. The Bertz CT molecular complexity index is 1130. The summed E-state index contributed by atoms with van der Waals surface area (Å²) in [5.41, 5.74) is 7.11. The number of fused-ring (bicyclic) bond motifs is 1.